The van der Waals surface area contributed by atoms with Gasteiger partial charge in [-0.3, -0.25) is 0 Å². The molecule has 1 aromatic carbocycles. The molecule has 1 aromatic rings. The summed E-state index contributed by atoms with van der Waals surface area (Å²) in [6.07, 6.45) is -1.72. The van der Waals surface area contributed by atoms with E-state index >= 15 is 0 Å². The van der Waals surface area contributed by atoms with Crippen molar-refractivity contribution in [2.45, 2.75) is 51.6 Å². The highest BCUT2D eigenvalue weighted by Gasteiger charge is 2.31. The topological polar surface area (TPSA) is 41.6 Å². The number of nitrogens with one attached hydrogen (secondary N) is 1. The Bertz CT molecular complexity index is 507. The highest BCUT2D eigenvalue weighted by Crippen LogP contribution is 2.26. The first-order valence-electron chi connectivity index (χ1n) is 7.21. The van der Waals surface area contributed by atoms with Gasteiger partial charge in [-0.05, 0) is 57.4 Å². The van der Waals surface area contributed by atoms with E-state index in [-0.39, 0.29) is 23.9 Å². The van der Waals surface area contributed by atoms with Crippen LogP contribution in [0.4, 0.5) is 23.7 Å². The van der Waals surface area contributed by atoms with E-state index in [1.54, 1.807) is 4.90 Å². The van der Waals surface area contributed by atoms with Crippen molar-refractivity contribution < 1.29 is 22.7 Å². The zero-order chi connectivity index (χ0) is 16.3. The first kappa shape index (κ1) is 16.5. The second-order valence-electron chi connectivity index (χ2n) is 5.54. The number of hydrogen-bond donors (Lipinski definition) is 1. The van der Waals surface area contributed by atoms with Crippen molar-refractivity contribution in [2.24, 2.45) is 0 Å². The maximum Gasteiger partial charge on any atom is 0.573 e. The standard InChI is InChI=1S/C15H19F3N2O2/c1-10-4-3-5-11(2)20(10)14(21)19-12-6-8-13(9-7-12)22-15(16,17)18/h6-11H,3-5H2,1-2H3,(H,19,21). The molecule has 0 aromatic heterocycles. The molecule has 1 aliphatic heterocycles. The van der Waals surface area contributed by atoms with Gasteiger partial charge in [-0.2, -0.15) is 0 Å². The fourth-order valence-corrected chi connectivity index (χ4v) is 2.75. The van der Waals surface area contributed by atoms with Gasteiger partial charge in [0, 0.05) is 17.8 Å². The van der Waals surface area contributed by atoms with E-state index in [1.807, 2.05) is 13.8 Å². The Balaban J connectivity index is 1.99. The third-order valence-electron chi connectivity index (χ3n) is 3.77. The molecule has 1 aliphatic rings. The van der Waals surface area contributed by atoms with Gasteiger partial charge >= 0.3 is 12.4 Å². The number of ether oxygens (including phenoxy) is 1. The van der Waals surface area contributed by atoms with Crippen LogP contribution in [0, 0.1) is 0 Å². The molecule has 0 aliphatic carbocycles. The molecule has 1 fully saturated rings. The largest absolute Gasteiger partial charge is 0.573 e. The summed E-state index contributed by atoms with van der Waals surface area (Å²) in [6, 6.07) is 5.19. The number of anilines is 1. The Kier molecular flexibility index (Phi) is 4.83. The van der Waals surface area contributed by atoms with Crippen molar-refractivity contribution in [2.75, 3.05) is 5.32 Å². The molecule has 22 heavy (non-hydrogen) atoms. The van der Waals surface area contributed by atoms with Gasteiger partial charge in [-0.25, -0.2) is 4.79 Å². The first-order chi connectivity index (χ1) is 10.3. The smallest absolute Gasteiger partial charge is 0.406 e. The summed E-state index contributed by atoms with van der Waals surface area (Å²) in [4.78, 5) is 14.1. The molecule has 122 valence electrons. The molecule has 1 heterocycles. The van der Waals surface area contributed by atoms with E-state index in [2.05, 4.69) is 10.1 Å². The van der Waals surface area contributed by atoms with Crippen LogP contribution in [0.15, 0.2) is 24.3 Å². The number of carbonyl (C=O) groups excluding carboxylic acids is 1. The van der Waals surface area contributed by atoms with Gasteiger partial charge in [0.05, 0.1) is 0 Å². The van der Waals surface area contributed by atoms with E-state index in [4.69, 9.17) is 0 Å². The molecule has 1 saturated heterocycles. The highest BCUT2D eigenvalue weighted by atomic mass is 19.4. The lowest BCUT2D eigenvalue weighted by Crippen LogP contribution is -2.49. The number of halogens is 3. The molecular formula is C15H19F3N2O2. The fourth-order valence-electron chi connectivity index (χ4n) is 2.75. The molecule has 2 unspecified atom stereocenters. The summed E-state index contributed by atoms with van der Waals surface area (Å²) in [6.45, 7) is 3.99. The van der Waals surface area contributed by atoms with Crippen molar-refractivity contribution >= 4 is 11.7 Å². The Morgan fingerprint density at radius 3 is 2.23 bits per heavy atom. The summed E-state index contributed by atoms with van der Waals surface area (Å²) in [5, 5.41) is 2.71. The molecule has 2 atom stereocenters. The molecule has 0 radical (unpaired) electrons. The van der Waals surface area contributed by atoms with Crippen molar-refractivity contribution in [3.05, 3.63) is 24.3 Å². The number of urea groups is 1. The number of carbonyl (C=O) groups is 1. The Labute approximate surface area is 127 Å². The number of alkyl halides is 3. The van der Waals surface area contributed by atoms with Crippen molar-refractivity contribution in [3.63, 3.8) is 0 Å². The minimum absolute atomic E-state index is 0.150. The number of hydrogen-bond acceptors (Lipinski definition) is 2. The van der Waals surface area contributed by atoms with Crippen LogP contribution in [0.3, 0.4) is 0 Å². The number of benzene rings is 1. The van der Waals surface area contributed by atoms with Crippen LogP contribution >= 0.6 is 0 Å². The van der Waals surface area contributed by atoms with E-state index in [1.165, 1.54) is 24.3 Å². The molecule has 2 rings (SSSR count). The van der Waals surface area contributed by atoms with Gasteiger partial charge < -0.3 is 15.0 Å². The Morgan fingerprint density at radius 1 is 1.18 bits per heavy atom. The third-order valence-corrected chi connectivity index (χ3v) is 3.77. The molecule has 0 spiro atoms. The number of rotatable bonds is 2. The Morgan fingerprint density at radius 2 is 1.73 bits per heavy atom. The zero-order valence-corrected chi connectivity index (χ0v) is 12.5. The van der Waals surface area contributed by atoms with E-state index in [0.717, 1.165) is 19.3 Å². The lowest BCUT2D eigenvalue weighted by Gasteiger charge is -2.38. The van der Waals surface area contributed by atoms with Crippen molar-refractivity contribution in [1.29, 1.82) is 0 Å². The van der Waals surface area contributed by atoms with Gasteiger partial charge in [0.1, 0.15) is 5.75 Å². The summed E-state index contributed by atoms with van der Waals surface area (Å²) >= 11 is 0. The molecule has 1 N–H and O–H groups in total. The zero-order valence-electron chi connectivity index (χ0n) is 12.5. The molecule has 0 saturated carbocycles. The van der Waals surface area contributed by atoms with Gasteiger partial charge in [-0.15, -0.1) is 13.2 Å². The van der Waals surface area contributed by atoms with Crippen molar-refractivity contribution in [1.82, 2.24) is 4.90 Å². The quantitative estimate of drug-likeness (QED) is 0.879. The molecule has 7 heteroatoms. The Hall–Kier alpha value is -1.92. The van der Waals surface area contributed by atoms with Gasteiger partial charge in [0.15, 0.2) is 0 Å². The highest BCUT2D eigenvalue weighted by molar-refractivity contribution is 5.89. The number of amides is 2. The van der Waals surface area contributed by atoms with Crippen LogP contribution < -0.4 is 10.1 Å². The van der Waals surface area contributed by atoms with Gasteiger partial charge in [0.25, 0.3) is 0 Å². The lowest BCUT2D eigenvalue weighted by atomic mass is 9.98. The summed E-state index contributed by atoms with van der Waals surface area (Å²) in [5.41, 5.74) is 0.435. The molecule has 2 amide bonds. The van der Waals surface area contributed by atoms with E-state index < -0.39 is 6.36 Å². The average molecular weight is 316 g/mol. The van der Waals surface area contributed by atoms with Crippen LogP contribution in [0.25, 0.3) is 0 Å². The molecular weight excluding hydrogens is 297 g/mol. The maximum atomic E-state index is 12.3. The number of nitrogens with zero attached hydrogens (tertiary/aromatic N) is 1. The van der Waals surface area contributed by atoms with Gasteiger partial charge in [-0.1, -0.05) is 0 Å². The SMILES string of the molecule is CC1CCCC(C)N1C(=O)Nc1ccc(OC(F)(F)F)cc1. The predicted molar refractivity (Wildman–Crippen MR) is 76.8 cm³/mol. The van der Waals surface area contributed by atoms with E-state index in [9.17, 15) is 18.0 Å². The van der Waals surface area contributed by atoms with Crippen LogP contribution in [-0.2, 0) is 0 Å². The molecule has 4 nitrogen and oxygen atoms in total. The number of likely N-dealkylation sites (tertiary alicyclic amines) is 1. The minimum Gasteiger partial charge on any atom is -0.406 e. The normalized spacial score (nSPS) is 22.3. The predicted octanol–water partition coefficient (Wildman–Crippen LogP) is 4.38. The average Bonchev–Trinajstić information content (AvgIpc) is 2.39. The lowest BCUT2D eigenvalue weighted by molar-refractivity contribution is -0.274. The first-order valence-corrected chi connectivity index (χ1v) is 7.21. The summed E-state index contributed by atoms with van der Waals surface area (Å²) < 4.78 is 40.0. The van der Waals surface area contributed by atoms with Crippen LogP contribution in [-0.4, -0.2) is 29.4 Å². The number of piperidine rings is 1. The third kappa shape index (κ3) is 4.29. The second-order valence-corrected chi connectivity index (χ2v) is 5.54. The van der Waals surface area contributed by atoms with Gasteiger partial charge in [0.2, 0.25) is 0 Å². The van der Waals surface area contributed by atoms with Crippen LogP contribution in [0.1, 0.15) is 33.1 Å². The second kappa shape index (κ2) is 6.46. The fraction of sp³-hybridized carbons (Fsp3) is 0.533. The maximum absolute atomic E-state index is 12.3. The van der Waals surface area contributed by atoms with Crippen LogP contribution in [0.2, 0.25) is 0 Å². The summed E-state index contributed by atoms with van der Waals surface area (Å²) in [7, 11) is 0. The monoisotopic (exact) mass is 316 g/mol. The van der Waals surface area contributed by atoms with E-state index in [0.29, 0.717) is 5.69 Å². The minimum atomic E-state index is -4.72. The molecule has 0 bridgehead atoms. The van der Waals surface area contributed by atoms with Crippen LogP contribution in [0.5, 0.6) is 5.75 Å². The summed E-state index contributed by atoms with van der Waals surface area (Å²) in [5.74, 6) is -0.315. The van der Waals surface area contributed by atoms with Crippen molar-refractivity contribution in [3.8, 4) is 5.75 Å².